The minimum Gasteiger partial charge on any atom is -0.549 e. The number of hydrogen-bond donors (Lipinski definition) is 4. The molecule has 0 aliphatic carbocycles. The van der Waals surface area contributed by atoms with Crippen LogP contribution in [0.1, 0.15) is 277 Å². The Morgan fingerprint density at radius 1 is 0.481 bits per heavy atom. The number of aliphatic hydroxyl groups excluding tert-OH is 1. The second-order valence-electron chi connectivity index (χ2n) is 34.1. The van der Waals surface area contributed by atoms with Crippen LogP contribution in [0.2, 0.25) is 0 Å². The van der Waals surface area contributed by atoms with Crippen molar-refractivity contribution in [3.05, 3.63) is 139 Å². The van der Waals surface area contributed by atoms with E-state index in [2.05, 4.69) is 102 Å². The fourth-order valence-electron chi connectivity index (χ4n) is 11.4. The smallest absolute Gasteiger partial charge is 0.236 e. The van der Waals surface area contributed by atoms with Gasteiger partial charge >= 0.3 is 0 Å². The monoisotopic (exact) mass is 1750 g/mol. The molecule has 0 spiro atoms. The van der Waals surface area contributed by atoms with Crippen LogP contribution in [0.5, 0.6) is 23.0 Å². The standard InChI is InChI=1S/C20H32NO5S.C18H27NO3S.C18H26NO3S.C17H26O3.C3H6NO2S.CH4.3Y/c1-19(2,3)14-10-13(17(22)16-8-9-21-27(16,23)24)11-15(20(4,5)6)18(14)26-12-25-7;2*1-17(2,3)14-10-12(9-13-7-8-19-23(13,21)22)11-15(16(14)20)18(4,5)6;1-16(2,3)13-8-12(10-18)9-14(17(4,5)6)15(13)20-11-19-7;5-7(6)3-1-2-4-7;;;;/h10-11,16-17,22H,8-9,12H2,1-7H3;9-11,19-20H,7-8H2,1-6H3;9-11,20H,7-8H2,1-6H3;8-10H,11H2,1-7H3;1-3H2;1H4;;;/q-1;;-1;;-1;;;;/b;2*13-9+;;;;;;. The van der Waals surface area contributed by atoms with Crippen molar-refractivity contribution in [2.75, 3.05) is 59.7 Å². The number of nitrogens with zero attached hydrogens (tertiary/aromatic N) is 3. The number of carbonyl (C=O) groups excluding carboxylic acids is 1. The number of nitrogens with one attached hydrogen (secondary N) is 1. The topological polar surface area (TPSA) is 306 Å². The van der Waals surface area contributed by atoms with Gasteiger partial charge in [-0.2, -0.15) is 0 Å². The number of phenolic OH excluding ortho intramolecular Hbond substituents is 2. The summed E-state index contributed by atoms with van der Waals surface area (Å²) in [5, 5.41) is 31.4. The van der Waals surface area contributed by atoms with Crippen LogP contribution >= 0.6 is 0 Å². The van der Waals surface area contributed by atoms with E-state index in [0.29, 0.717) is 77.8 Å². The largest absolute Gasteiger partial charge is 0.549 e. The molecule has 8 rings (SSSR count). The van der Waals surface area contributed by atoms with Gasteiger partial charge in [-0.25, -0.2) is 38.4 Å². The number of aromatic hydroxyl groups is 2. The SMILES string of the molecule is C.CC(C)(C)c1cc(/C=C2\CCNS2(=O)=O)cc(C(C)(C)C)c1O.CC(C)(C)c1cc(/C=C2\CC[N-]S2(=O)=O)cc(C(C)(C)C)c1O.COCOc1c(C(C)(C)C)cc(C(O)C2CC[N-]S2(=O)=O)cc1C(C)(C)C.COCOc1c(C(C)(C)C)cc(C=O)cc1C(C)(C)C.O=S1(=O)CCC[N-]1.[Y].[Y].[Y]. The van der Waals surface area contributed by atoms with Gasteiger partial charge in [-0.05, 0) is 134 Å². The molecule has 2 atom stereocenters. The summed E-state index contributed by atoms with van der Waals surface area (Å²) in [6, 6.07) is 15.1. The van der Waals surface area contributed by atoms with Gasteiger partial charge in [0.2, 0.25) is 10.0 Å². The van der Waals surface area contributed by atoms with E-state index in [4.69, 9.17) is 18.9 Å². The number of methoxy groups -OCH3 is 2. The van der Waals surface area contributed by atoms with E-state index in [-0.39, 0.29) is 175 Å². The normalized spacial score (nSPS) is 18.7. The van der Waals surface area contributed by atoms with Crippen molar-refractivity contribution in [2.24, 2.45) is 0 Å². The molecule has 4 N–H and O–H groups in total. The van der Waals surface area contributed by atoms with Crippen molar-refractivity contribution < 1.29 is 171 Å². The zero-order chi connectivity index (χ0) is 76.8. The molecule has 2 unspecified atom stereocenters. The molecule has 27 heteroatoms. The van der Waals surface area contributed by atoms with Gasteiger partial charge in [-0.1, -0.05) is 186 Å². The first-order valence-corrected chi connectivity index (χ1v) is 40.0. The van der Waals surface area contributed by atoms with Crippen molar-refractivity contribution >= 4 is 58.5 Å². The number of hydrogen-bond acceptors (Lipinski definition) is 16. The first kappa shape index (κ1) is 102. The molecule has 0 saturated carbocycles. The fraction of sp³-hybridized carbons (Fsp3) is 0.623. The Kier molecular flexibility index (Phi) is 38.8. The molecule has 0 amide bonds. The van der Waals surface area contributed by atoms with Gasteiger partial charge < -0.3 is 48.4 Å². The number of aldehydes is 1. The fourth-order valence-corrected chi connectivity index (χ4v) is 16.2. The second kappa shape index (κ2) is 39.5. The maximum absolute atomic E-state index is 12.2. The van der Waals surface area contributed by atoms with Crippen LogP contribution in [0.25, 0.3) is 26.3 Å². The summed E-state index contributed by atoms with van der Waals surface area (Å²) in [6.45, 7) is 51.3. The third-order valence-electron chi connectivity index (χ3n) is 17.0. The molecule has 0 bridgehead atoms. The van der Waals surface area contributed by atoms with Gasteiger partial charge in [0.1, 0.15) is 29.3 Å². The summed E-state index contributed by atoms with van der Waals surface area (Å²) in [7, 11) is -10.2. The molecular weight excluding hydrogens is 1630 g/mol. The van der Waals surface area contributed by atoms with Crippen molar-refractivity contribution in [3.63, 3.8) is 0 Å². The maximum Gasteiger partial charge on any atom is 0.236 e. The van der Waals surface area contributed by atoms with Crippen molar-refractivity contribution in [3.8, 4) is 23.0 Å². The van der Waals surface area contributed by atoms with Crippen LogP contribution in [-0.2, 0) is 191 Å². The molecule has 4 aromatic rings. The Morgan fingerprint density at radius 3 is 1.08 bits per heavy atom. The van der Waals surface area contributed by atoms with Gasteiger partial charge in [0.05, 0.1) is 46.3 Å². The van der Waals surface area contributed by atoms with E-state index in [1.807, 2.05) is 132 Å². The Morgan fingerprint density at radius 2 is 0.827 bits per heavy atom. The predicted octanol–water partition coefficient (Wildman–Crippen LogP) is 16.7. The first-order chi connectivity index (χ1) is 45.2. The van der Waals surface area contributed by atoms with Crippen LogP contribution in [0.3, 0.4) is 0 Å². The van der Waals surface area contributed by atoms with E-state index < -0.39 is 51.4 Å². The summed E-state index contributed by atoms with van der Waals surface area (Å²) in [5.41, 5.74) is 8.40. The van der Waals surface area contributed by atoms with Crippen LogP contribution in [0.15, 0.2) is 58.3 Å². The van der Waals surface area contributed by atoms with E-state index in [1.54, 1.807) is 26.4 Å². The van der Waals surface area contributed by atoms with Gasteiger partial charge in [0.15, 0.2) is 13.6 Å². The maximum atomic E-state index is 12.2. The van der Waals surface area contributed by atoms with Gasteiger partial charge in [0.25, 0.3) is 0 Å². The Labute approximate surface area is 702 Å². The quantitative estimate of drug-likeness (QED) is 0.0801. The minimum absolute atomic E-state index is 0. The number of sulfonamides is 4. The van der Waals surface area contributed by atoms with E-state index in [1.165, 1.54) is 0 Å². The molecular formula is C77H121N4O16S4Y3-3. The molecule has 0 aromatic heterocycles. The molecule has 4 saturated heterocycles. The Bertz CT molecular complexity index is 3800. The van der Waals surface area contributed by atoms with Gasteiger partial charge in [-0.3, -0.25) is 4.79 Å². The number of rotatable bonds is 11. The van der Waals surface area contributed by atoms with Gasteiger partial charge in [0, 0.05) is 180 Å². The number of aliphatic hydroxyl groups is 1. The number of phenols is 2. The summed E-state index contributed by atoms with van der Waals surface area (Å²) < 4.78 is 128. The molecule has 3 radical (unpaired) electrons. The zero-order valence-corrected chi connectivity index (χ0v) is 77.9. The summed E-state index contributed by atoms with van der Waals surface area (Å²) in [5.74, 6) is 2.42. The molecule has 4 fully saturated rings. The summed E-state index contributed by atoms with van der Waals surface area (Å²) >= 11 is 0. The van der Waals surface area contributed by atoms with E-state index in [9.17, 15) is 53.8 Å². The first-order valence-electron chi connectivity index (χ1n) is 33.9. The Balaban J connectivity index is 0.00000130. The number of carbonyl (C=O) groups is 1. The third-order valence-corrected chi connectivity index (χ3v) is 23.2. The molecule has 20 nitrogen and oxygen atoms in total. The van der Waals surface area contributed by atoms with E-state index in [0.717, 1.165) is 73.4 Å². The molecule has 4 aliphatic rings. The van der Waals surface area contributed by atoms with Gasteiger partial charge in [-0.15, -0.1) is 19.6 Å². The van der Waals surface area contributed by atoms with Crippen LogP contribution in [0, 0.1) is 0 Å². The van der Waals surface area contributed by atoms with Crippen molar-refractivity contribution in [1.82, 2.24) is 4.72 Å². The molecule has 4 heterocycles. The predicted molar refractivity (Wildman–Crippen MR) is 412 cm³/mol. The van der Waals surface area contributed by atoms with E-state index >= 15 is 0 Å². The Hall–Kier alpha value is -1.94. The molecule has 4 aliphatic heterocycles. The minimum atomic E-state index is -3.63. The van der Waals surface area contributed by atoms with Crippen LogP contribution in [-0.4, -0.2) is 120 Å². The molecule has 104 heavy (non-hydrogen) atoms. The van der Waals surface area contributed by atoms with Crippen LogP contribution in [0.4, 0.5) is 0 Å². The van der Waals surface area contributed by atoms with Crippen molar-refractivity contribution in [1.29, 1.82) is 0 Å². The number of ether oxygens (including phenoxy) is 4. The van der Waals surface area contributed by atoms with Crippen LogP contribution < -0.4 is 14.2 Å². The third kappa shape index (κ3) is 29.0. The van der Waals surface area contributed by atoms with Crippen molar-refractivity contribution in [2.45, 2.75) is 254 Å². The number of benzene rings is 4. The average molecular weight is 1750 g/mol. The summed E-state index contributed by atoms with van der Waals surface area (Å²) in [6.07, 6.45) is 5.17. The molecule has 581 valence electrons. The zero-order valence-electron chi connectivity index (χ0n) is 66.1. The average Bonchev–Trinajstić information content (AvgIpc) is 1.23. The molecule has 4 aromatic carbocycles. The second-order valence-corrected chi connectivity index (χ2v) is 41.4. The summed E-state index contributed by atoms with van der Waals surface area (Å²) in [4.78, 5) is 12.0.